The Labute approximate surface area is 203 Å². The molecule has 7 heteroatoms. The van der Waals surface area contributed by atoms with Crippen LogP contribution in [0.1, 0.15) is 22.2 Å². The SMILES string of the molecule is CCn1c(=O)c2cc(C(=O)NCCN3CCN(Cc4ccccc4)CC3)sc2c2ccccc21. The van der Waals surface area contributed by atoms with Crippen LogP contribution in [0, 0.1) is 0 Å². The highest BCUT2D eigenvalue weighted by atomic mass is 32.1. The van der Waals surface area contributed by atoms with Crippen LogP contribution in [0.3, 0.4) is 0 Å². The number of nitrogens with one attached hydrogen (secondary N) is 1. The lowest BCUT2D eigenvalue weighted by molar-refractivity contribution is 0.0938. The molecule has 34 heavy (non-hydrogen) atoms. The molecule has 2 aromatic heterocycles. The van der Waals surface area contributed by atoms with Crippen molar-refractivity contribution in [3.05, 3.63) is 81.5 Å². The van der Waals surface area contributed by atoms with Gasteiger partial charge in [0, 0.05) is 62.4 Å². The Morgan fingerprint density at radius 1 is 0.941 bits per heavy atom. The second kappa shape index (κ2) is 10.1. The van der Waals surface area contributed by atoms with E-state index >= 15 is 0 Å². The molecule has 6 nitrogen and oxygen atoms in total. The van der Waals surface area contributed by atoms with Crippen molar-refractivity contribution < 1.29 is 4.79 Å². The molecule has 0 saturated carbocycles. The van der Waals surface area contributed by atoms with E-state index in [1.165, 1.54) is 16.9 Å². The summed E-state index contributed by atoms with van der Waals surface area (Å²) in [5.74, 6) is -0.101. The van der Waals surface area contributed by atoms with E-state index in [1.807, 2.05) is 31.2 Å². The van der Waals surface area contributed by atoms with Gasteiger partial charge in [-0.1, -0.05) is 48.5 Å². The highest BCUT2D eigenvalue weighted by Crippen LogP contribution is 2.30. The molecule has 0 bridgehead atoms. The first-order valence-electron chi connectivity index (χ1n) is 12.0. The first kappa shape index (κ1) is 22.8. The third-order valence-electron chi connectivity index (χ3n) is 6.61. The van der Waals surface area contributed by atoms with Gasteiger partial charge in [0.25, 0.3) is 11.5 Å². The lowest BCUT2D eigenvalue weighted by atomic mass is 10.1. The molecule has 1 amide bonds. The minimum atomic E-state index is -0.101. The second-order valence-corrected chi connectivity index (χ2v) is 9.83. The zero-order chi connectivity index (χ0) is 23.5. The Bertz CT molecular complexity index is 1350. The topological polar surface area (TPSA) is 57.6 Å². The number of benzene rings is 2. The van der Waals surface area contributed by atoms with E-state index in [0.29, 0.717) is 23.4 Å². The molecular formula is C27H30N4O2S. The van der Waals surface area contributed by atoms with Crippen molar-refractivity contribution in [3.8, 4) is 0 Å². The van der Waals surface area contributed by atoms with Gasteiger partial charge in [0.2, 0.25) is 0 Å². The van der Waals surface area contributed by atoms with Crippen LogP contribution >= 0.6 is 11.3 Å². The van der Waals surface area contributed by atoms with Crippen molar-refractivity contribution in [1.29, 1.82) is 0 Å². The number of thiophene rings is 1. The fourth-order valence-electron chi connectivity index (χ4n) is 4.76. The number of hydrogen-bond acceptors (Lipinski definition) is 5. The van der Waals surface area contributed by atoms with Crippen LogP contribution in [-0.4, -0.2) is 59.5 Å². The first-order chi connectivity index (χ1) is 16.6. The molecule has 3 heterocycles. The summed E-state index contributed by atoms with van der Waals surface area (Å²) >= 11 is 1.41. The number of piperazine rings is 1. The maximum Gasteiger partial charge on any atom is 0.261 e. The lowest BCUT2D eigenvalue weighted by Crippen LogP contribution is -2.48. The number of fused-ring (bicyclic) bond motifs is 3. The molecule has 2 aromatic carbocycles. The Kier molecular flexibility index (Phi) is 6.76. The number of nitrogens with zero attached hydrogens (tertiary/aromatic N) is 3. The molecule has 0 radical (unpaired) electrons. The Hall–Kier alpha value is -3.00. The molecule has 1 aliphatic rings. The summed E-state index contributed by atoms with van der Waals surface area (Å²) < 4.78 is 2.67. The zero-order valence-electron chi connectivity index (χ0n) is 19.5. The monoisotopic (exact) mass is 474 g/mol. The number of aromatic nitrogens is 1. The molecule has 0 spiro atoms. The predicted octanol–water partition coefficient (Wildman–Crippen LogP) is 3.78. The number of amides is 1. The summed E-state index contributed by atoms with van der Waals surface area (Å²) in [4.78, 5) is 31.4. The van der Waals surface area contributed by atoms with Gasteiger partial charge in [-0.25, -0.2) is 0 Å². The summed E-state index contributed by atoms with van der Waals surface area (Å²) in [7, 11) is 0. The van der Waals surface area contributed by atoms with Crippen LogP contribution in [0.15, 0.2) is 65.5 Å². The molecule has 4 aromatic rings. The van der Waals surface area contributed by atoms with Crippen molar-refractivity contribution in [3.63, 3.8) is 0 Å². The van der Waals surface area contributed by atoms with Gasteiger partial charge in [0.15, 0.2) is 0 Å². The maximum atomic E-state index is 13.0. The van der Waals surface area contributed by atoms with Crippen LogP contribution < -0.4 is 10.9 Å². The number of carbonyl (C=O) groups excluding carboxylic acids is 1. The molecule has 1 aliphatic heterocycles. The number of aryl methyl sites for hydroxylation is 1. The minimum Gasteiger partial charge on any atom is -0.350 e. The van der Waals surface area contributed by atoms with Gasteiger partial charge < -0.3 is 9.88 Å². The summed E-state index contributed by atoms with van der Waals surface area (Å²) in [5.41, 5.74) is 2.24. The van der Waals surface area contributed by atoms with Crippen LogP contribution in [0.5, 0.6) is 0 Å². The van der Waals surface area contributed by atoms with E-state index < -0.39 is 0 Å². The van der Waals surface area contributed by atoms with Crippen LogP contribution in [0.2, 0.25) is 0 Å². The van der Waals surface area contributed by atoms with E-state index in [1.54, 1.807) is 10.6 Å². The third-order valence-corrected chi connectivity index (χ3v) is 7.78. The molecular weight excluding hydrogens is 444 g/mol. The Morgan fingerprint density at radius 3 is 2.41 bits per heavy atom. The standard InChI is InChI=1S/C27H30N4O2S/c1-2-31-23-11-7-6-10-21(23)25-22(27(31)33)18-24(34-25)26(32)28-12-13-29-14-16-30(17-15-29)19-20-8-4-3-5-9-20/h3-11,18H,2,12-17,19H2,1H3,(H,28,32). The molecule has 0 atom stereocenters. The molecule has 1 saturated heterocycles. The highest BCUT2D eigenvalue weighted by Gasteiger charge is 2.19. The van der Waals surface area contributed by atoms with Gasteiger partial charge in [0.05, 0.1) is 15.8 Å². The molecule has 5 rings (SSSR count). The van der Waals surface area contributed by atoms with E-state index in [2.05, 4.69) is 45.4 Å². The number of carbonyl (C=O) groups is 1. The zero-order valence-corrected chi connectivity index (χ0v) is 20.3. The molecule has 0 aliphatic carbocycles. The lowest BCUT2D eigenvalue weighted by Gasteiger charge is -2.34. The second-order valence-electron chi connectivity index (χ2n) is 8.78. The Balaban J connectivity index is 1.19. The van der Waals surface area contributed by atoms with Crippen molar-refractivity contribution >= 4 is 38.2 Å². The van der Waals surface area contributed by atoms with Crippen molar-refractivity contribution in [2.75, 3.05) is 39.3 Å². The summed E-state index contributed by atoms with van der Waals surface area (Å²) in [6.45, 7) is 9.10. The fraction of sp³-hybridized carbons (Fsp3) is 0.333. The molecule has 1 fully saturated rings. The minimum absolute atomic E-state index is 0.0279. The van der Waals surface area contributed by atoms with Crippen molar-refractivity contribution in [2.45, 2.75) is 20.0 Å². The van der Waals surface area contributed by atoms with Crippen molar-refractivity contribution in [2.24, 2.45) is 0 Å². The van der Waals surface area contributed by atoms with Gasteiger partial charge in [-0.2, -0.15) is 0 Å². The Morgan fingerprint density at radius 2 is 1.65 bits per heavy atom. The van der Waals surface area contributed by atoms with E-state index in [9.17, 15) is 9.59 Å². The molecule has 0 unspecified atom stereocenters. The van der Waals surface area contributed by atoms with Crippen molar-refractivity contribution in [1.82, 2.24) is 19.7 Å². The largest absolute Gasteiger partial charge is 0.350 e. The summed E-state index contributed by atoms with van der Waals surface area (Å²) in [6.07, 6.45) is 0. The van der Waals surface area contributed by atoms with E-state index in [4.69, 9.17) is 0 Å². The highest BCUT2D eigenvalue weighted by molar-refractivity contribution is 7.21. The van der Waals surface area contributed by atoms with Gasteiger partial charge in [-0.3, -0.25) is 19.4 Å². The summed E-state index contributed by atoms with van der Waals surface area (Å²) in [6, 6.07) is 20.3. The van der Waals surface area contributed by atoms with Crippen LogP contribution in [0.4, 0.5) is 0 Å². The number of para-hydroxylation sites is 1. The summed E-state index contributed by atoms with van der Waals surface area (Å²) in [5, 5.41) is 4.72. The van der Waals surface area contributed by atoms with E-state index in [0.717, 1.165) is 54.9 Å². The first-order valence-corrected chi connectivity index (χ1v) is 12.8. The molecule has 1 N–H and O–H groups in total. The van der Waals surface area contributed by atoms with Crippen LogP contribution in [-0.2, 0) is 13.1 Å². The predicted molar refractivity (Wildman–Crippen MR) is 140 cm³/mol. The fourth-order valence-corrected chi connectivity index (χ4v) is 5.86. The number of pyridine rings is 1. The van der Waals surface area contributed by atoms with E-state index in [-0.39, 0.29) is 11.5 Å². The maximum absolute atomic E-state index is 13.0. The average molecular weight is 475 g/mol. The normalized spacial score (nSPS) is 15.2. The smallest absolute Gasteiger partial charge is 0.261 e. The molecule has 176 valence electrons. The number of rotatable bonds is 7. The van der Waals surface area contributed by atoms with Gasteiger partial charge in [0.1, 0.15) is 0 Å². The number of hydrogen-bond donors (Lipinski definition) is 1. The quantitative estimate of drug-likeness (QED) is 0.443. The van der Waals surface area contributed by atoms with Gasteiger partial charge >= 0.3 is 0 Å². The third kappa shape index (κ3) is 4.64. The average Bonchev–Trinajstić information content (AvgIpc) is 3.33. The van der Waals surface area contributed by atoms with Gasteiger partial charge in [-0.15, -0.1) is 11.3 Å². The van der Waals surface area contributed by atoms with Crippen LogP contribution in [0.25, 0.3) is 21.0 Å². The van der Waals surface area contributed by atoms with Gasteiger partial charge in [-0.05, 0) is 24.6 Å².